The minimum Gasteiger partial charge on any atom is -0.487 e. The number of carbonyl (C=O) groups excluding carboxylic acids is 2. The van der Waals surface area contributed by atoms with Crippen LogP contribution in [-0.4, -0.2) is 30.0 Å². The Morgan fingerprint density at radius 2 is 1.69 bits per heavy atom. The van der Waals surface area contributed by atoms with Gasteiger partial charge >= 0.3 is 11.7 Å². The van der Waals surface area contributed by atoms with Crippen molar-refractivity contribution in [3.05, 3.63) is 63.7 Å². The second kappa shape index (κ2) is 8.61. The fourth-order valence-corrected chi connectivity index (χ4v) is 2.19. The van der Waals surface area contributed by atoms with Gasteiger partial charge in [-0.25, -0.2) is 4.79 Å². The van der Waals surface area contributed by atoms with Crippen LogP contribution in [0.4, 0.5) is 11.4 Å². The molecule has 0 heterocycles. The Labute approximate surface area is 149 Å². The lowest BCUT2D eigenvalue weighted by Crippen LogP contribution is -2.13. The Morgan fingerprint density at radius 3 is 2.27 bits per heavy atom. The highest BCUT2D eigenvalue weighted by Crippen LogP contribution is 2.28. The Kier molecular flexibility index (Phi) is 6.26. The van der Waals surface area contributed by atoms with Gasteiger partial charge in [-0.3, -0.25) is 14.9 Å². The highest BCUT2D eigenvalue weighted by molar-refractivity contribution is 6.05. The molecule has 0 fully saturated rings. The second-order valence-electron chi connectivity index (χ2n) is 5.12. The van der Waals surface area contributed by atoms with E-state index in [1.807, 2.05) is 0 Å². The van der Waals surface area contributed by atoms with Gasteiger partial charge < -0.3 is 14.8 Å². The molecule has 0 unspecified atom stereocenters. The molecule has 1 N–H and O–H groups in total. The molecular weight excluding hydrogens is 340 g/mol. The smallest absolute Gasteiger partial charge is 0.338 e. The van der Waals surface area contributed by atoms with Gasteiger partial charge in [0.1, 0.15) is 0 Å². The van der Waals surface area contributed by atoms with E-state index in [0.29, 0.717) is 11.3 Å². The van der Waals surface area contributed by atoms with Gasteiger partial charge in [0.05, 0.1) is 23.7 Å². The number of esters is 1. The molecule has 0 aliphatic rings. The number of benzene rings is 2. The van der Waals surface area contributed by atoms with Crippen LogP contribution in [0.3, 0.4) is 0 Å². The first-order valence-corrected chi connectivity index (χ1v) is 7.96. The van der Waals surface area contributed by atoms with Gasteiger partial charge in [0.25, 0.3) is 5.91 Å². The SMILES string of the molecule is CCOC(=O)c1ccc(NC(=O)c2ccc(OCC)c([N+](=O)[O-])c2)cc1. The normalized spacial score (nSPS) is 10.1. The molecule has 0 aliphatic heterocycles. The van der Waals surface area contributed by atoms with E-state index in [0.717, 1.165) is 6.07 Å². The van der Waals surface area contributed by atoms with Crippen LogP contribution in [-0.2, 0) is 4.74 Å². The molecule has 0 aliphatic carbocycles. The maximum absolute atomic E-state index is 12.3. The highest BCUT2D eigenvalue weighted by atomic mass is 16.6. The zero-order valence-electron chi connectivity index (χ0n) is 14.4. The molecule has 8 heteroatoms. The lowest BCUT2D eigenvalue weighted by atomic mass is 10.1. The molecule has 136 valence electrons. The van der Waals surface area contributed by atoms with E-state index < -0.39 is 16.8 Å². The van der Waals surface area contributed by atoms with Crippen LogP contribution >= 0.6 is 0 Å². The standard InChI is InChI=1S/C18H18N2O6/c1-3-25-16-10-7-13(11-15(16)20(23)24)17(21)19-14-8-5-12(6-9-14)18(22)26-4-2/h5-11H,3-4H2,1-2H3,(H,19,21). The van der Waals surface area contributed by atoms with Gasteiger partial charge in [-0.05, 0) is 50.2 Å². The highest BCUT2D eigenvalue weighted by Gasteiger charge is 2.18. The number of ether oxygens (including phenoxy) is 2. The molecule has 0 spiro atoms. The van der Waals surface area contributed by atoms with Gasteiger partial charge in [0.2, 0.25) is 0 Å². The Balaban J connectivity index is 2.15. The third kappa shape index (κ3) is 4.56. The number of nitrogens with one attached hydrogen (secondary N) is 1. The summed E-state index contributed by atoms with van der Waals surface area (Å²) in [5.41, 5.74) is 0.646. The lowest BCUT2D eigenvalue weighted by molar-refractivity contribution is -0.385. The predicted octanol–water partition coefficient (Wildman–Crippen LogP) is 3.42. The average molecular weight is 358 g/mol. The number of rotatable bonds is 7. The van der Waals surface area contributed by atoms with E-state index in [-0.39, 0.29) is 30.2 Å². The number of carbonyl (C=O) groups is 2. The third-order valence-electron chi connectivity index (χ3n) is 3.37. The fraction of sp³-hybridized carbons (Fsp3) is 0.222. The van der Waals surface area contributed by atoms with Gasteiger partial charge in [-0.1, -0.05) is 0 Å². The van der Waals surface area contributed by atoms with Gasteiger partial charge in [0, 0.05) is 17.3 Å². The van der Waals surface area contributed by atoms with Crippen LogP contribution in [0.15, 0.2) is 42.5 Å². The first-order chi connectivity index (χ1) is 12.5. The summed E-state index contributed by atoms with van der Waals surface area (Å²) < 4.78 is 10.1. The molecule has 0 saturated heterocycles. The van der Waals surface area contributed by atoms with Gasteiger partial charge in [0.15, 0.2) is 5.75 Å². The lowest BCUT2D eigenvalue weighted by Gasteiger charge is -2.08. The number of anilines is 1. The zero-order valence-corrected chi connectivity index (χ0v) is 14.4. The van der Waals surface area contributed by atoms with Crippen LogP contribution in [0.25, 0.3) is 0 Å². The van der Waals surface area contributed by atoms with Gasteiger partial charge in [-0.15, -0.1) is 0 Å². The van der Waals surface area contributed by atoms with Crippen LogP contribution in [0.5, 0.6) is 5.75 Å². The molecule has 0 aromatic heterocycles. The van der Waals surface area contributed by atoms with Crippen molar-refractivity contribution in [2.75, 3.05) is 18.5 Å². The Hall–Kier alpha value is -3.42. The summed E-state index contributed by atoms with van der Waals surface area (Å²) in [7, 11) is 0. The molecule has 2 aromatic carbocycles. The first-order valence-electron chi connectivity index (χ1n) is 7.96. The molecular formula is C18H18N2O6. The molecule has 1 amide bonds. The summed E-state index contributed by atoms with van der Waals surface area (Å²) in [5, 5.41) is 13.8. The second-order valence-corrected chi connectivity index (χ2v) is 5.12. The van der Waals surface area contributed by atoms with E-state index in [2.05, 4.69) is 5.32 Å². The van der Waals surface area contributed by atoms with Crippen molar-refractivity contribution in [2.24, 2.45) is 0 Å². The molecule has 2 aromatic rings. The molecule has 8 nitrogen and oxygen atoms in total. The van der Waals surface area contributed by atoms with Crippen molar-refractivity contribution in [1.29, 1.82) is 0 Å². The summed E-state index contributed by atoms with van der Waals surface area (Å²) in [4.78, 5) is 34.4. The maximum atomic E-state index is 12.3. The third-order valence-corrected chi connectivity index (χ3v) is 3.37. The predicted molar refractivity (Wildman–Crippen MR) is 94.6 cm³/mol. The topological polar surface area (TPSA) is 108 Å². The Bertz CT molecular complexity index is 817. The quantitative estimate of drug-likeness (QED) is 0.461. The van der Waals surface area contributed by atoms with E-state index in [4.69, 9.17) is 9.47 Å². The minimum absolute atomic E-state index is 0.104. The maximum Gasteiger partial charge on any atom is 0.338 e. The number of nitro benzene ring substituents is 1. The minimum atomic E-state index is -0.601. The van der Waals surface area contributed by atoms with Crippen LogP contribution < -0.4 is 10.1 Å². The van der Waals surface area contributed by atoms with Crippen molar-refractivity contribution < 1.29 is 24.0 Å². The molecule has 0 radical (unpaired) electrons. The van der Waals surface area contributed by atoms with E-state index in [9.17, 15) is 19.7 Å². The number of hydrogen-bond donors (Lipinski definition) is 1. The number of nitro groups is 1. The number of amides is 1. The largest absolute Gasteiger partial charge is 0.487 e. The molecule has 26 heavy (non-hydrogen) atoms. The Morgan fingerprint density at radius 1 is 1.04 bits per heavy atom. The summed E-state index contributed by atoms with van der Waals surface area (Å²) >= 11 is 0. The van der Waals surface area contributed by atoms with Crippen molar-refractivity contribution in [1.82, 2.24) is 0 Å². The van der Waals surface area contributed by atoms with E-state index in [1.165, 1.54) is 24.3 Å². The number of nitrogens with zero attached hydrogens (tertiary/aromatic N) is 1. The van der Waals surface area contributed by atoms with Gasteiger partial charge in [-0.2, -0.15) is 0 Å². The van der Waals surface area contributed by atoms with Crippen LogP contribution in [0.2, 0.25) is 0 Å². The molecule has 2 rings (SSSR count). The van der Waals surface area contributed by atoms with Crippen molar-refractivity contribution in [2.45, 2.75) is 13.8 Å². The fourth-order valence-electron chi connectivity index (χ4n) is 2.19. The van der Waals surface area contributed by atoms with Crippen molar-refractivity contribution >= 4 is 23.3 Å². The summed E-state index contributed by atoms with van der Waals surface area (Å²) in [6.45, 7) is 3.97. The zero-order chi connectivity index (χ0) is 19.1. The van der Waals surface area contributed by atoms with Crippen molar-refractivity contribution in [3.8, 4) is 5.75 Å². The van der Waals surface area contributed by atoms with Crippen LogP contribution in [0, 0.1) is 10.1 Å². The monoisotopic (exact) mass is 358 g/mol. The average Bonchev–Trinajstić information content (AvgIpc) is 2.62. The van der Waals surface area contributed by atoms with E-state index >= 15 is 0 Å². The molecule has 0 saturated carbocycles. The molecule has 0 bridgehead atoms. The van der Waals surface area contributed by atoms with E-state index in [1.54, 1.807) is 26.0 Å². The number of hydrogen-bond acceptors (Lipinski definition) is 6. The molecule has 0 atom stereocenters. The summed E-state index contributed by atoms with van der Waals surface area (Å²) in [5.74, 6) is -0.861. The van der Waals surface area contributed by atoms with Crippen molar-refractivity contribution in [3.63, 3.8) is 0 Å². The summed E-state index contributed by atoms with van der Waals surface area (Å²) in [6.07, 6.45) is 0. The van der Waals surface area contributed by atoms with Crippen LogP contribution in [0.1, 0.15) is 34.6 Å². The summed E-state index contributed by atoms with van der Waals surface area (Å²) in [6, 6.07) is 10.1. The first kappa shape index (κ1) is 18.9.